The van der Waals surface area contributed by atoms with Crippen LogP contribution in [0, 0.1) is 0 Å². The molecule has 1 unspecified atom stereocenters. The number of benzene rings is 1. The monoisotopic (exact) mass is 327 g/mol. The van der Waals surface area contributed by atoms with Gasteiger partial charge in [-0.3, -0.25) is 4.79 Å². The van der Waals surface area contributed by atoms with Crippen LogP contribution in [0.1, 0.15) is 50.6 Å². The van der Waals surface area contributed by atoms with Gasteiger partial charge in [0.25, 0.3) is 0 Å². The zero-order chi connectivity index (χ0) is 15.4. The van der Waals surface area contributed by atoms with E-state index in [-0.39, 0.29) is 0 Å². The van der Waals surface area contributed by atoms with Crippen LogP contribution in [0.5, 0.6) is 0 Å². The van der Waals surface area contributed by atoms with Crippen LogP contribution in [-0.2, 0) is 4.79 Å². The maximum Gasteiger partial charge on any atom is 0.312 e. The normalized spacial score (nSPS) is 12.7. The number of unbranched alkanes of at least 4 members (excludes halogenated alkanes) is 3. The van der Waals surface area contributed by atoms with E-state index in [1.165, 1.54) is 0 Å². The minimum absolute atomic E-state index is 0.440. The summed E-state index contributed by atoms with van der Waals surface area (Å²) in [6.07, 6.45) is 4.88. The summed E-state index contributed by atoms with van der Waals surface area (Å²) in [5.41, 5.74) is 1.40. The van der Waals surface area contributed by atoms with Crippen LogP contribution in [0.3, 0.4) is 0 Å². The molecule has 0 saturated heterocycles. The summed E-state index contributed by atoms with van der Waals surface area (Å²) >= 11 is 12.1. The molecule has 3 nitrogen and oxygen atoms in total. The molecule has 0 bridgehead atoms. The van der Waals surface area contributed by atoms with E-state index in [9.17, 15) is 9.90 Å². The molecule has 5 heteroatoms. The van der Waals surface area contributed by atoms with Gasteiger partial charge in [0.15, 0.2) is 0 Å². The van der Waals surface area contributed by atoms with Crippen LogP contribution in [0.4, 0.5) is 0 Å². The van der Waals surface area contributed by atoms with E-state index >= 15 is 0 Å². The largest absolute Gasteiger partial charge is 0.481 e. The molecule has 0 aliphatic rings. The smallest absolute Gasteiger partial charge is 0.312 e. The Morgan fingerprint density at radius 1 is 1.29 bits per heavy atom. The molecule has 2 rings (SSSR count). The molecule has 114 valence electrons. The highest BCUT2D eigenvalue weighted by Gasteiger charge is 2.22. The summed E-state index contributed by atoms with van der Waals surface area (Å²) in [5, 5.41) is 11.2. The zero-order valence-electron chi connectivity index (χ0n) is 12.0. The Balaban J connectivity index is 2.24. The fourth-order valence-electron chi connectivity index (χ4n) is 2.54. The lowest BCUT2D eigenvalue weighted by Gasteiger charge is -2.10. The standard InChI is InChI=1S/C16H19Cl2NO2/c1-2-3-4-5-6-11(16(20)21)13-9-10-7-8-12(17)14(18)15(10)19-13/h7-9,11,19H,2-6H2,1H3,(H,20,21). The van der Waals surface area contributed by atoms with Crippen molar-refractivity contribution in [3.8, 4) is 0 Å². The minimum atomic E-state index is -0.805. The SMILES string of the molecule is CCCCCCC(C(=O)O)c1cc2ccc(Cl)c(Cl)c2[nH]1. The third-order valence-electron chi connectivity index (χ3n) is 3.73. The molecule has 1 atom stereocenters. The van der Waals surface area contributed by atoms with Gasteiger partial charge in [0.1, 0.15) is 0 Å². The van der Waals surface area contributed by atoms with Crippen LogP contribution in [-0.4, -0.2) is 16.1 Å². The molecule has 1 aromatic heterocycles. The van der Waals surface area contributed by atoms with Crippen LogP contribution in [0.25, 0.3) is 10.9 Å². The Morgan fingerprint density at radius 3 is 2.71 bits per heavy atom. The summed E-state index contributed by atoms with van der Waals surface area (Å²) in [4.78, 5) is 14.6. The summed E-state index contributed by atoms with van der Waals surface area (Å²) < 4.78 is 0. The number of nitrogens with one attached hydrogen (secondary N) is 1. The predicted molar refractivity (Wildman–Crippen MR) is 87.5 cm³/mol. The van der Waals surface area contributed by atoms with Gasteiger partial charge in [-0.15, -0.1) is 0 Å². The molecule has 0 aliphatic carbocycles. The van der Waals surface area contributed by atoms with Crippen molar-refractivity contribution in [1.29, 1.82) is 0 Å². The van der Waals surface area contributed by atoms with Crippen molar-refractivity contribution in [2.75, 3.05) is 0 Å². The predicted octanol–water partition coefficient (Wildman–Crippen LogP) is 5.61. The molecule has 0 radical (unpaired) electrons. The highest BCUT2D eigenvalue weighted by atomic mass is 35.5. The molecular formula is C16H19Cl2NO2. The van der Waals surface area contributed by atoms with E-state index in [1.54, 1.807) is 6.07 Å². The maximum absolute atomic E-state index is 11.5. The fourth-order valence-corrected chi connectivity index (χ4v) is 2.91. The fraction of sp³-hybridized carbons (Fsp3) is 0.438. The van der Waals surface area contributed by atoms with Crippen molar-refractivity contribution in [3.63, 3.8) is 0 Å². The van der Waals surface area contributed by atoms with E-state index in [2.05, 4.69) is 11.9 Å². The number of halogens is 2. The number of fused-ring (bicyclic) bond motifs is 1. The second kappa shape index (κ2) is 7.19. The quantitative estimate of drug-likeness (QED) is 0.649. The van der Waals surface area contributed by atoms with Crippen LogP contribution in [0.15, 0.2) is 18.2 Å². The molecule has 1 heterocycles. The number of carboxylic acids is 1. The second-order valence-electron chi connectivity index (χ2n) is 5.29. The molecule has 1 aromatic carbocycles. The van der Waals surface area contributed by atoms with Gasteiger partial charge in [0.05, 0.1) is 21.5 Å². The lowest BCUT2D eigenvalue weighted by atomic mass is 9.97. The van der Waals surface area contributed by atoms with Crippen LogP contribution >= 0.6 is 23.2 Å². The van der Waals surface area contributed by atoms with Crippen molar-refractivity contribution in [2.45, 2.75) is 44.9 Å². The third-order valence-corrected chi connectivity index (χ3v) is 4.53. The number of hydrogen-bond acceptors (Lipinski definition) is 1. The van der Waals surface area contributed by atoms with Crippen molar-refractivity contribution in [3.05, 3.63) is 33.9 Å². The highest BCUT2D eigenvalue weighted by molar-refractivity contribution is 6.45. The first-order valence-corrected chi connectivity index (χ1v) is 7.99. The number of aromatic nitrogens is 1. The maximum atomic E-state index is 11.5. The topological polar surface area (TPSA) is 53.1 Å². The first-order chi connectivity index (χ1) is 10.0. The Morgan fingerprint density at radius 2 is 2.05 bits per heavy atom. The molecule has 2 aromatic rings. The number of rotatable bonds is 7. The lowest BCUT2D eigenvalue weighted by molar-refractivity contribution is -0.139. The molecule has 0 saturated carbocycles. The van der Waals surface area contributed by atoms with Gasteiger partial charge < -0.3 is 10.1 Å². The molecule has 0 fully saturated rings. The van der Waals surface area contributed by atoms with Crippen LogP contribution < -0.4 is 0 Å². The van der Waals surface area contributed by atoms with E-state index in [0.29, 0.717) is 27.7 Å². The molecule has 2 N–H and O–H groups in total. The Hall–Kier alpha value is -1.19. The zero-order valence-corrected chi connectivity index (χ0v) is 13.5. The van der Waals surface area contributed by atoms with Crippen molar-refractivity contribution in [2.24, 2.45) is 0 Å². The number of carbonyl (C=O) groups is 1. The summed E-state index contributed by atoms with van der Waals surface area (Å²) in [6, 6.07) is 5.43. The van der Waals surface area contributed by atoms with Gasteiger partial charge in [-0.25, -0.2) is 0 Å². The van der Waals surface area contributed by atoms with Gasteiger partial charge in [-0.1, -0.05) is 61.9 Å². The Bertz CT molecular complexity index is 636. The van der Waals surface area contributed by atoms with E-state index < -0.39 is 11.9 Å². The summed E-state index contributed by atoms with van der Waals surface area (Å²) in [6.45, 7) is 2.14. The average molecular weight is 328 g/mol. The molecule has 0 amide bonds. The second-order valence-corrected chi connectivity index (χ2v) is 6.08. The number of aromatic amines is 1. The van der Waals surface area contributed by atoms with Crippen molar-refractivity contribution < 1.29 is 9.90 Å². The Kier molecular flexibility index (Phi) is 5.54. The molecule has 21 heavy (non-hydrogen) atoms. The van der Waals surface area contributed by atoms with Gasteiger partial charge in [-0.05, 0) is 18.6 Å². The number of aliphatic carboxylic acids is 1. The molecular weight excluding hydrogens is 309 g/mol. The number of hydrogen-bond donors (Lipinski definition) is 2. The molecule has 0 aliphatic heterocycles. The average Bonchev–Trinajstić information content (AvgIpc) is 2.87. The highest BCUT2D eigenvalue weighted by Crippen LogP contribution is 2.33. The van der Waals surface area contributed by atoms with Crippen molar-refractivity contribution >= 4 is 40.1 Å². The van der Waals surface area contributed by atoms with Gasteiger partial charge in [0.2, 0.25) is 0 Å². The number of carboxylic acid groups (broad SMARTS) is 1. The lowest BCUT2D eigenvalue weighted by Crippen LogP contribution is -2.12. The summed E-state index contributed by atoms with van der Waals surface area (Å²) in [7, 11) is 0. The van der Waals surface area contributed by atoms with E-state index in [4.69, 9.17) is 23.2 Å². The first-order valence-electron chi connectivity index (χ1n) is 7.24. The van der Waals surface area contributed by atoms with Crippen molar-refractivity contribution in [1.82, 2.24) is 4.98 Å². The van der Waals surface area contributed by atoms with Gasteiger partial charge in [-0.2, -0.15) is 0 Å². The van der Waals surface area contributed by atoms with Gasteiger partial charge >= 0.3 is 5.97 Å². The molecule has 0 spiro atoms. The minimum Gasteiger partial charge on any atom is -0.481 e. The first kappa shape index (κ1) is 16.2. The Labute approximate surface area is 134 Å². The van der Waals surface area contributed by atoms with Gasteiger partial charge in [0, 0.05) is 11.1 Å². The third kappa shape index (κ3) is 3.72. The number of H-pyrrole nitrogens is 1. The van der Waals surface area contributed by atoms with Crippen LogP contribution in [0.2, 0.25) is 10.0 Å². The summed E-state index contributed by atoms with van der Waals surface area (Å²) in [5.74, 6) is -1.33. The van der Waals surface area contributed by atoms with E-state index in [1.807, 2.05) is 12.1 Å². The van der Waals surface area contributed by atoms with E-state index in [0.717, 1.165) is 31.1 Å².